The molecular weight excluding hydrogens is 212 g/mol. The molecule has 1 saturated heterocycles. The Hall–Kier alpha value is -1.30. The van der Waals surface area contributed by atoms with Gasteiger partial charge in [0.15, 0.2) is 0 Å². The molecule has 1 aliphatic rings. The van der Waals surface area contributed by atoms with Gasteiger partial charge in [-0.25, -0.2) is 4.79 Å². The summed E-state index contributed by atoms with van der Waals surface area (Å²) in [4.78, 5) is 21.7. The van der Waals surface area contributed by atoms with Crippen molar-refractivity contribution in [3.05, 3.63) is 0 Å². The van der Waals surface area contributed by atoms with Gasteiger partial charge in [0.1, 0.15) is 6.04 Å². The van der Waals surface area contributed by atoms with Gasteiger partial charge in [-0.3, -0.25) is 4.79 Å². The molecule has 1 heterocycles. The van der Waals surface area contributed by atoms with Gasteiger partial charge in [-0.05, 0) is 26.2 Å². The fourth-order valence-corrected chi connectivity index (χ4v) is 1.53. The fraction of sp³-hybridized carbons (Fsp3) is 0.800. The molecule has 0 aliphatic carbocycles. The predicted octanol–water partition coefficient (Wildman–Crippen LogP) is 0.328. The van der Waals surface area contributed by atoms with Crippen molar-refractivity contribution in [2.75, 3.05) is 13.2 Å². The second-order valence-corrected chi connectivity index (χ2v) is 3.88. The molecule has 2 atom stereocenters. The standard InChI is InChI=1S/C10H18N2O4/c1-7(9(13)14)12-10(15)11-5-4-8-3-2-6-16-8/h7-8H,2-6H2,1H3,(H,13,14)(H2,11,12,15)/t7-,8?/m0/s1. The number of nitrogens with one attached hydrogen (secondary N) is 2. The summed E-state index contributed by atoms with van der Waals surface area (Å²) >= 11 is 0. The Morgan fingerprint density at radius 1 is 1.56 bits per heavy atom. The van der Waals surface area contributed by atoms with Crippen LogP contribution in [0.5, 0.6) is 0 Å². The highest BCUT2D eigenvalue weighted by Gasteiger charge is 2.16. The average molecular weight is 230 g/mol. The van der Waals surface area contributed by atoms with Gasteiger partial charge >= 0.3 is 12.0 Å². The summed E-state index contributed by atoms with van der Waals surface area (Å²) in [5, 5.41) is 13.5. The lowest BCUT2D eigenvalue weighted by atomic mass is 10.2. The zero-order valence-electron chi connectivity index (χ0n) is 9.36. The van der Waals surface area contributed by atoms with Crippen LogP contribution in [0.3, 0.4) is 0 Å². The first-order chi connectivity index (χ1) is 7.59. The van der Waals surface area contributed by atoms with Gasteiger partial charge in [-0.2, -0.15) is 0 Å². The molecule has 3 N–H and O–H groups in total. The highest BCUT2D eigenvalue weighted by molar-refractivity contribution is 5.82. The molecule has 92 valence electrons. The van der Waals surface area contributed by atoms with E-state index >= 15 is 0 Å². The molecule has 0 aromatic carbocycles. The number of rotatable bonds is 5. The number of carbonyl (C=O) groups excluding carboxylic acids is 1. The van der Waals surface area contributed by atoms with Crippen LogP contribution in [0.15, 0.2) is 0 Å². The second-order valence-electron chi connectivity index (χ2n) is 3.88. The van der Waals surface area contributed by atoms with Crippen molar-refractivity contribution in [1.82, 2.24) is 10.6 Å². The van der Waals surface area contributed by atoms with Crippen LogP contribution in [-0.4, -0.2) is 42.4 Å². The van der Waals surface area contributed by atoms with Gasteiger partial charge in [0.2, 0.25) is 0 Å². The summed E-state index contributed by atoms with van der Waals surface area (Å²) in [7, 11) is 0. The van der Waals surface area contributed by atoms with E-state index in [9.17, 15) is 9.59 Å². The van der Waals surface area contributed by atoms with Crippen LogP contribution in [0.25, 0.3) is 0 Å². The zero-order valence-corrected chi connectivity index (χ0v) is 9.36. The first-order valence-corrected chi connectivity index (χ1v) is 5.48. The Kier molecular flexibility index (Phi) is 5.04. The molecule has 1 rings (SSSR count). The topological polar surface area (TPSA) is 87.7 Å². The van der Waals surface area contributed by atoms with Crippen LogP contribution in [0.4, 0.5) is 4.79 Å². The molecular formula is C10H18N2O4. The van der Waals surface area contributed by atoms with Crippen molar-refractivity contribution in [2.24, 2.45) is 0 Å². The van der Waals surface area contributed by atoms with Crippen LogP contribution < -0.4 is 10.6 Å². The maximum Gasteiger partial charge on any atom is 0.325 e. The molecule has 1 aliphatic heterocycles. The molecule has 0 aromatic heterocycles. The lowest BCUT2D eigenvalue weighted by molar-refractivity contribution is -0.138. The Morgan fingerprint density at radius 2 is 2.31 bits per heavy atom. The van der Waals surface area contributed by atoms with Crippen LogP contribution >= 0.6 is 0 Å². The summed E-state index contributed by atoms with van der Waals surface area (Å²) < 4.78 is 5.39. The number of aliphatic carboxylic acids is 1. The van der Waals surface area contributed by atoms with E-state index in [4.69, 9.17) is 9.84 Å². The molecule has 1 fully saturated rings. The summed E-state index contributed by atoms with van der Waals surface area (Å²) in [6.45, 7) is 2.72. The van der Waals surface area contributed by atoms with Crippen molar-refractivity contribution in [2.45, 2.75) is 38.3 Å². The Balaban J connectivity index is 2.07. The van der Waals surface area contributed by atoms with Crippen LogP contribution in [0, 0.1) is 0 Å². The Labute approximate surface area is 94.3 Å². The molecule has 0 aromatic rings. The number of ether oxygens (including phenoxy) is 1. The minimum absolute atomic E-state index is 0.234. The molecule has 0 saturated carbocycles. The minimum atomic E-state index is -1.05. The van der Waals surface area contributed by atoms with Crippen LogP contribution in [-0.2, 0) is 9.53 Å². The predicted molar refractivity (Wildman–Crippen MR) is 57.2 cm³/mol. The molecule has 2 amide bonds. The van der Waals surface area contributed by atoms with E-state index < -0.39 is 18.0 Å². The molecule has 1 unspecified atom stereocenters. The van der Waals surface area contributed by atoms with Crippen molar-refractivity contribution in [3.63, 3.8) is 0 Å². The van der Waals surface area contributed by atoms with E-state index in [0.29, 0.717) is 6.54 Å². The second kappa shape index (κ2) is 6.32. The molecule has 16 heavy (non-hydrogen) atoms. The largest absolute Gasteiger partial charge is 0.480 e. The molecule has 6 nitrogen and oxygen atoms in total. The lowest BCUT2D eigenvalue weighted by Gasteiger charge is -2.12. The van der Waals surface area contributed by atoms with Gasteiger partial charge in [-0.1, -0.05) is 0 Å². The normalized spacial score (nSPS) is 21.4. The molecule has 0 radical (unpaired) electrons. The third-order valence-corrected chi connectivity index (χ3v) is 2.49. The number of hydrogen-bond acceptors (Lipinski definition) is 3. The maximum atomic E-state index is 11.2. The first-order valence-electron chi connectivity index (χ1n) is 5.48. The van der Waals surface area contributed by atoms with Gasteiger partial charge in [0.05, 0.1) is 6.10 Å². The van der Waals surface area contributed by atoms with Crippen molar-refractivity contribution < 1.29 is 19.4 Å². The number of carboxylic acids is 1. The quantitative estimate of drug-likeness (QED) is 0.635. The summed E-state index contributed by atoms with van der Waals surface area (Å²) in [6, 6.07) is -1.32. The third-order valence-electron chi connectivity index (χ3n) is 2.49. The third kappa shape index (κ3) is 4.48. The SMILES string of the molecule is C[C@H](NC(=O)NCCC1CCCO1)C(=O)O. The van der Waals surface area contributed by atoms with E-state index in [1.807, 2.05) is 0 Å². The number of hydrogen-bond donors (Lipinski definition) is 3. The molecule has 6 heteroatoms. The fourth-order valence-electron chi connectivity index (χ4n) is 1.53. The van der Waals surface area contributed by atoms with Crippen molar-refractivity contribution in [1.29, 1.82) is 0 Å². The highest BCUT2D eigenvalue weighted by atomic mass is 16.5. The number of urea groups is 1. The van der Waals surface area contributed by atoms with E-state index in [1.165, 1.54) is 6.92 Å². The van der Waals surface area contributed by atoms with Crippen molar-refractivity contribution in [3.8, 4) is 0 Å². The Bertz CT molecular complexity index is 251. The van der Waals surface area contributed by atoms with E-state index in [1.54, 1.807) is 0 Å². The van der Waals surface area contributed by atoms with Gasteiger partial charge in [0.25, 0.3) is 0 Å². The Morgan fingerprint density at radius 3 is 2.88 bits per heavy atom. The highest BCUT2D eigenvalue weighted by Crippen LogP contribution is 2.14. The van der Waals surface area contributed by atoms with E-state index in [2.05, 4.69) is 10.6 Å². The van der Waals surface area contributed by atoms with Gasteiger partial charge in [0, 0.05) is 13.2 Å². The number of carboxylic acid groups (broad SMARTS) is 1. The van der Waals surface area contributed by atoms with E-state index in [-0.39, 0.29) is 6.10 Å². The summed E-state index contributed by atoms with van der Waals surface area (Å²) in [6.07, 6.45) is 3.12. The van der Waals surface area contributed by atoms with Gasteiger partial charge in [-0.15, -0.1) is 0 Å². The van der Waals surface area contributed by atoms with Crippen LogP contribution in [0.2, 0.25) is 0 Å². The monoisotopic (exact) mass is 230 g/mol. The minimum Gasteiger partial charge on any atom is -0.480 e. The molecule has 0 bridgehead atoms. The van der Waals surface area contributed by atoms with Crippen LogP contribution in [0.1, 0.15) is 26.2 Å². The average Bonchev–Trinajstić information content (AvgIpc) is 2.70. The van der Waals surface area contributed by atoms with E-state index in [0.717, 1.165) is 25.9 Å². The number of carbonyl (C=O) groups is 2. The maximum absolute atomic E-state index is 11.2. The smallest absolute Gasteiger partial charge is 0.325 e. The molecule has 0 spiro atoms. The first kappa shape index (κ1) is 12.8. The van der Waals surface area contributed by atoms with Crippen molar-refractivity contribution >= 4 is 12.0 Å². The number of amides is 2. The lowest BCUT2D eigenvalue weighted by Crippen LogP contribution is -2.44. The summed E-state index contributed by atoms with van der Waals surface area (Å²) in [5.74, 6) is -1.05. The van der Waals surface area contributed by atoms with Gasteiger partial charge < -0.3 is 20.5 Å². The summed E-state index contributed by atoms with van der Waals surface area (Å²) in [5.41, 5.74) is 0. The zero-order chi connectivity index (χ0) is 12.0.